The molecule has 1 aromatic rings. The number of alkyl halides is 3. The summed E-state index contributed by atoms with van der Waals surface area (Å²) < 4.78 is 38.9. The highest BCUT2D eigenvalue weighted by atomic mass is 79.9. The Hall–Kier alpha value is -0.750. The Bertz CT molecular complexity index is 421. The number of halogens is 4. The molecule has 0 aliphatic heterocycles. The lowest BCUT2D eigenvalue weighted by Gasteiger charge is -2.18. The average molecular weight is 340 g/mol. The zero-order chi connectivity index (χ0) is 14.6. The van der Waals surface area contributed by atoms with Crippen molar-refractivity contribution in [2.75, 3.05) is 11.9 Å². The van der Waals surface area contributed by atoms with Crippen LogP contribution in [0.15, 0.2) is 22.7 Å². The van der Waals surface area contributed by atoms with E-state index in [-0.39, 0.29) is 12.2 Å². The van der Waals surface area contributed by atoms with Crippen LogP contribution >= 0.6 is 15.9 Å². The fraction of sp³-hybridized carbons (Fsp3) is 0.538. The molecule has 0 aliphatic carbocycles. The highest BCUT2D eigenvalue weighted by Crippen LogP contribution is 2.36. The van der Waals surface area contributed by atoms with Gasteiger partial charge < -0.3 is 10.4 Å². The fourth-order valence-corrected chi connectivity index (χ4v) is 2.13. The molecule has 1 atom stereocenters. The lowest BCUT2D eigenvalue weighted by Crippen LogP contribution is -2.22. The van der Waals surface area contributed by atoms with Crippen molar-refractivity contribution in [2.45, 2.75) is 32.5 Å². The Kier molecular flexibility index (Phi) is 5.67. The normalized spacial score (nSPS) is 13.7. The van der Waals surface area contributed by atoms with E-state index in [9.17, 15) is 18.3 Å². The maximum atomic E-state index is 12.8. The van der Waals surface area contributed by atoms with Gasteiger partial charge in [-0.1, -0.05) is 29.8 Å². The van der Waals surface area contributed by atoms with E-state index in [0.717, 1.165) is 6.07 Å². The molecule has 1 aromatic carbocycles. The van der Waals surface area contributed by atoms with Gasteiger partial charge in [-0.15, -0.1) is 0 Å². The summed E-state index contributed by atoms with van der Waals surface area (Å²) in [5.41, 5.74) is -0.753. The molecule has 0 saturated carbocycles. The van der Waals surface area contributed by atoms with Crippen LogP contribution in [0.1, 0.15) is 25.8 Å². The van der Waals surface area contributed by atoms with E-state index in [4.69, 9.17) is 0 Å². The monoisotopic (exact) mass is 339 g/mol. The van der Waals surface area contributed by atoms with Crippen LogP contribution in [-0.2, 0) is 6.18 Å². The lowest BCUT2D eigenvalue weighted by atomic mass is 10.1. The molecule has 1 rings (SSSR count). The van der Waals surface area contributed by atoms with Gasteiger partial charge in [0, 0.05) is 16.7 Å². The van der Waals surface area contributed by atoms with Crippen LogP contribution < -0.4 is 5.32 Å². The van der Waals surface area contributed by atoms with E-state index < -0.39 is 17.8 Å². The minimum atomic E-state index is -4.41. The minimum absolute atomic E-state index is 0.0234. The van der Waals surface area contributed by atoms with Crippen molar-refractivity contribution in [3.8, 4) is 0 Å². The van der Waals surface area contributed by atoms with Gasteiger partial charge in [0.2, 0.25) is 0 Å². The summed E-state index contributed by atoms with van der Waals surface area (Å²) in [5, 5.41) is 12.4. The van der Waals surface area contributed by atoms with Crippen LogP contribution in [0.5, 0.6) is 0 Å². The van der Waals surface area contributed by atoms with Crippen molar-refractivity contribution in [3.63, 3.8) is 0 Å². The number of nitrogens with one attached hydrogen (secondary N) is 1. The predicted octanol–water partition coefficient (Wildman–Crippen LogP) is 4.29. The largest absolute Gasteiger partial charge is 0.418 e. The summed E-state index contributed by atoms with van der Waals surface area (Å²) >= 11 is 3.14. The van der Waals surface area contributed by atoms with Gasteiger partial charge in [-0.2, -0.15) is 13.2 Å². The average Bonchev–Trinajstić information content (AvgIpc) is 2.23. The SMILES string of the molecule is CC(C)CC(O)CNc1cc(Br)ccc1C(F)(F)F. The second-order valence-corrected chi connectivity index (χ2v) is 5.77. The highest BCUT2D eigenvalue weighted by Gasteiger charge is 2.33. The van der Waals surface area contributed by atoms with Crippen molar-refractivity contribution in [2.24, 2.45) is 5.92 Å². The molecule has 0 heterocycles. The first-order chi connectivity index (χ1) is 8.70. The Balaban J connectivity index is 2.79. The molecule has 0 bridgehead atoms. The quantitative estimate of drug-likeness (QED) is 0.838. The molecule has 0 amide bonds. The van der Waals surface area contributed by atoms with Crippen molar-refractivity contribution < 1.29 is 18.3 Å². The number of rotatable bonds is 5. The van der Waals surface area contributed by atoms with Gasteiger partial charge in [-0.05, 0) is 30.5 Å². The smallest absolute Gasteiger partial charge is 0.391 e. The molecule has 0 fully saturated rings. The van der Waals surface area contributed by atoms with Crippen molar-refractivity contribution in [1.82, 2.24) is 0 Å². The number of anilines is 1. The molecule has 0 saturated heterocycles. The summed E-state index contributed by atoms with van der Waals surface area (Å²) in [5.74, 6) is 0.293. The second-order valence-electron chi connectivity index (χ2n) is 4.85. The van der Waals surface area contributed by atoms with Crippen LogP contribution in [0.4, 0.5) is 18.9 Å². The number of aliphatic hydroxyl groups excluding tert-OH is 1. The second kappa shape index (κ2) is 6.61. The molecular weight excluding hydrogens is 323 g/mol. The van der Waals surface area contributed by atoms with E-state index in [0.29, 0.717) is 16.8 Å². The van der Waals surface area contributed by atoms with Gasteiger partial charge in [0.15, 0.2) is 0 Å². The number of benzene rings is 1. The highest BCUT2D eigenvalue weighted by molar-refractivity contribution is 9.10. The minimum Gasteiger partial charge on any atom is -0.391 e. The van der Waals surface area contributed by atoms with E-state index >= 15 is 0 Å². The fourth-order valence-electron chi connectivity index (χ4n) is 1.77. The molecule has 6 heteroatoms. The van der Waals surface area contributed by atoms with Crippen molar-refractivity contribution in [1.29, 1.82) is 0 Å². The third-order valence-corrected chi connectivity index (χ3v) is 3.05. The molecule has 1 unspecified atom stereocenters. The molecule has 0 aliphatic rings. The molecule has 108 valence electrons. The zero-order valence-corrected chi connectivity index (χ0v) is 12.3. The van der Waals surface area contributed by atoms with Crippen LogP contribution in [0.2, 0.25) is 0 Å². The van der Waals surface area contributed by atoms with Crippen LogP contribution in [0.25, 0.3) is 0 Å². The molecule has 0 aromatic heterocycles. The summed E-state index contributed by atoms with van der Waals surface area (Å²) in [6.07, 6.45) is -4.53. The number of hydrogen-bond acceptors (Lipinski definition) is 2. The molecular formula is C13H17BrF3NO. The molecule has 0 spiro atoms. The van der Waals surface area contributed by atoms with Gasteiger partial charge in [-0.25, -0.2) is 0 Å². The van der Waals surface area contributed by atoms with E-state index in [1.165, 1.54) is 12.1 Å². The Labute approximate surface area is 119 Å². The first-order valence-corrected chi connectivity index (χ1v) is 6.78. The van der Waals surface area contributed by atoms with Crippen LogP contribution in [0, 0.1) is 5.92 Å². The standard InChI is InChI=1S/C13H17BrF3NO/c1-8(2)5-10(19)7-18-12-6-9(14)3-4-11(12)13(15,16)17/h3-4,6,8,10,18-19H,5,7H2,1-2H3. The first-order valence-electron chi connectivity index (χ1n) is 5.99. The van der Waals surface area contributed by atoms with E-state index in [1.54, 1.807) is 0 Å². The van der Waals surface area contributed by atoms with Crippen molar-refractivity contribution in [3.05, 3.63) is 28.2 Å². The summed E-state index contributed by atoms with van der Waals surface area (Å²) in [7, 11) is 0. The molecule has 2 N–H and O–H groups in total. The van der Waals surface area contributed by atoms with Crippen LogP contribution in [-0.4, -0.2) is 17.8 Å². The predicted molar refractivity (Wildman–Crippen MR) is 73.1 cm³/mol. The Morgan fingerprint density at radius 2 is 1.95 bits per heavy atom. The third kappa shape index (κ3) is 5.40. The number of hydrogen-bond donors (Lipinski definition) is 2. The van der Waals surface area contributed by atoms with Crippen molar-refractivity contribution >= 4 is 21.6 Å². The Morgan fingerprint density at radius 1 is 1.32 bits per heavy atom. The number of aliphatic hydroxyl groups is 1. The van der Waals surface area contributed by atoms with Gasteiger partial charge in [0.1, 0.15) is 0 Å². The Morgan fingerprint density at radius 3 is 2.47 bits per heavy atom. The first kappa shape index (κ1) is 16.3. The van der Waals surface area contributed by atoms with E-state index in [1.807, 2.05) is 13.8 Å². The summed E-state index contributed by atoms with van der Waals surface area (Å²) in [6, 6.07) is 3.73. The summed E-state index contributed by atoms with van der Waals surface area (Å²) in [6.45, 7) is 3.99. The van der Waals surface area contributed by atoms with Gasteiger partial charge in [0.25, 0.3) is 0 Å². The third-order valence-electron chi connectivity index (χ3n) is 2.56. The van der Waals surface area contributed by atoms with Gasteiger partial charge >= 0.3 is 6.18 Å². The molecule has 19 heavy (non-hydrogen) atoms. The molecule has 2 nitrogen and oxygen atoms in total. The van der Waals surface area contributed by atoms with Crippen LogP contribution in [0.3, 0.4) is 0 Å². The summed E-state index contributed by atoms with van der Waals surface area (Å²) in [4.78, 5) is 0. The van der Waals surface area contributed by atoms with E-state index in [2.05, 4.69) is 21.2 Å². The lowest BCUT2D eigenvalue weighted by molar-refractivity contribution is -0.137. The topological polar surface area (TPSA) is 32.3 Å². The molecule has 0 radical (unpaired) electrons. The zero-order valence-electron chi connectivity index (χ0n) is 10.8. The maximum absolute atomic E-state index is 12.8. The van der Waals surface area contributed by atoms with Gasteiger partial charge in [0.05, 0.1) is 11.7 Å². The maximum Gasteiger partial charge on any atom is 0.418 e. The van der Waals surface area contributed by atoms with Gasteiger partial charge in [-0.3, -0.25) is 0 Å².